The molecule has 0 aliphatic heterocycles. The Kier molecular flexibility index (Phi) is 6.00. The molecule has 0 fully saturated rings. The van der Waals surface area contributed by atoms with Gasteiger partial charge in [-0.05, 0) is 30.5 Å². The van der Waals surface area contributed by atoms with Crippen molar-refractivity contribution >= 4 is 11.5 Å². The number of allylic oxidation sites excluding steroid dienone is 1. The summed E-state index contributed by atoms with van der Waals surface area (Å²) in [5, 5.41) is 0. The summed E-state index contributed by atoms with van der Waals surface area (Å²) in [6.45, 7) is 3.37. The van der Waals surface area contributed by atoms with Crippen molar-refractivity contribution in [3.63, 3.8) is 0 Å². The normalized spacial score (nSPS) is 12.4. The van der Waals surface area contributed by atoms with Crippen LogP contribution in [0.15, 0.2) is 24.3 Å². The standard InChI is InChI=1S/C16H19F3O2/c1-4-5-6-8-13(15(20)21-3)12-9-7-10-14(11(12)2)16(17,18)19/h7-10H,4-6H2,1-3H3/b13-8+. The number of hydrogen-bond acceptors (Lipinski definition) is 2. The first-order chi connectivity index (χ1) is 9.82. The quantitative estimate of drug-likeness (QED) is 0.445. The van der Waals surface area contributed by atoms with Crippen LogP contribution in [0.5, 0.6) is 0 Å². The van der Waals surface area contributed by atoms with Crippen molar-refractivity contribution in [3.05, 3.63) is 41.0 Å². The summed E-state index contributed by atoms with van der Waals surface area (Å²) >= 11 is 0. The van der Waals surface area contributed by atoms with Gasteiger partial charge in [-0.25, -0.2) is 4.79 Å². The number of rotatable bonds is 5. The van der Waals surface area contributed by atoms with Crippen molar-refractivity contribution < 1.29 is 22.7 Å². The molecule has 0 spiro atoms. The Morgan fingerprint density at radius 2 is 2.00 bits per heavy atom. The van der Waals surface area contributed by atoms with Gasteiger partial charge in [0.05, 0.1) is 18.2 Å². The van der Waals surface area contributed by atoms with Gasteiger partial charge in [0.15, 0.2) is 0 Å². The number of hydrogen-bond donors (Lipinski definition) is 0. The summed E-state index contributed by atoms with van der Waals surface area (Å²) in [6.07, 6.45) is -0.371. The van der Waals surface area contributed by atoms with Crippen LogP contribution in [0.2, 0.25) is 0 Å². The molecule has 2 nitrogen and oxygen atoms in total. The third kappa shape index (κ3) is 4.34. The lowest BCUT2D eigenvalue weighted by atomic mass is 9.95. The monoisotopic (exact) mass is 300 g/mol. The summed E-state index contributed by atoms with van der Waals surface area (Å²) in [5.41, 5.74) is -0.231. The van der Waals surface area contributed by atoms with Crippen LogP contribution in [0, 0.1) is 6.92 Å². The van der Waals surface area contributed by atoms with Gasteiger partial charge in [-0.15, -0.1) is 0 Å². The highest BCUT2D eigenvalue weighted by Gasteiger charge is 2.33. The van der Waals surface area contributed by atoms with Crippen molar-refractivity contribution in [2.24, 2.45) is 0 Å². The molecule has 0 radical (unpaired) electrons. The summed E-state index contributed by atoms with van der Waals surface area (Å²) < 4.78 is 43.5. The lowest BCUT2D eigenvalue weighted by Crippen LogP contribution is -2.11. The van der Waals surface area contributed by atoms with E-state index in [9.17, 15) is 18.0 Å². The number of esters is 1. The van der Waals surface area contributed by atoms with Gasteiger partial charge in [-0.1, -0.05) is 38.0 Å². The highest BCUT2D eigenvalue weighted by atomic mass is 19.4. The third-order valence-corrected chi connectivity index (χ3v) is 3.24. The van der Waals surface area contributed by atoms with Gasteiger partial charge in [0.25, 0.3) is 0 Å². The van der Waals surface area contributed by atoms with Gasteiger partial charge >= 0.3 is 12.1 Å². The molecule has 1 aromatic rings. The van der Waals surface area contributed by atoms with Crippen LogP contribution in [0.1, 0.15) is 42.9 Å². The molecule has 0 saturated heterocycles. The topological polar surface area (TPSA) is 26.3 Å². The molecule has 0 unspecified atom stereocenters. The lowest BCUT2D eigenvalue weighted by molar-refractivity contribution is -0.138. The van der Waals surface area contributed by atoms with Crippen LogP contribution in [0.4, 0.5) is 13.2 Å². The zero-order chi connectivity index (χ0) is 16.0. The SMILES string of the molecule is CCCC/C=C(/C(=O)OC)c1cccc(C(F)(F)F)c1C. The summed E-state index contributed by atoms with van der Waals surface area (Å²) in [5.74, 6) is -0.617. The second-order valence-electron chi connectivity index (χ2n) is 4.73. The maximum Gasteiger partial charge on any atom is 0.416 e. The second kappa shape index (κ2) is 7.29. The van der Waals surface area contributed by atoms with Gasteiger partial charge in [-0.2, -0.15) is 13.2 Å². The number of carbonyl (C=O) groups excluding carboxylic acids is 1. The van der Waals surface area contributed by atoms with Crippen LogP contribution < -0.4 is 0 Å². The predicted molar refractivity (Wildman–Crippen MR) is 75.7 cm³/mol. The van der Waals surface area contributed by atoms with Crippen LogP contribution in [0.25, 0.3) is 5.57 Å². The van der Waals surface area contributed by atoms with Crippen LogP contribution in [0.3, 0.4) is 0 Å². The van der Waals surface area contributed by atoms with E-state index in [1.807, 2.05) is 6.92 Å². The van der Waals surface area contributed by atoms with Gasteiger partial charge in [0.1, 0.15) is 0 Å². The van der Waals surface area contributed by atoms with E-state index < -0.39 is 17.7 Å². The molecule has 1 aromatic carbocycles. The maximum absolute atomic E-state index is 12.9. The highest BCUT2D eigenvalue weighted by Crippen LogP contribution is 2.35. The van der Waals surface area contributed by atoms with Gasteiger partial charge in [-0.3, -0.25) is 0 Å². The number of alkyl halides is 3. The van der Waals surface area contributed by atoms with E-state index in [4.69, 9.17) is 0 Å². The molecular weight excluding hydrogens is 281 g/mol. The Morgan fingerprint density at radius 3 is 2.52 bits per heavy atom. The fraction of sp³-hybridized carbons (Fsp3) is 0.438. The molecule has 0 amide bonds. The van der Waals surface area contributed by atoms with Crippen molar-refractivity contribution in [1.82, 2.24) is 0 Å². The number of carbonyl (C=O) groups is 1. The predicted octanol–water partition coefficient (Wildman–Crippen LogP) is 4.76. The fourth-order valence-corrected chi connectivity index (χ4v) is 2.10. The molecule has 0 bridgehead atoms. The van der Waals surface area contributed by atoms with Crippen LogP contribution >= 0.6 is 0 Å². The Balaban J connectivity index is 3.32. The first-order valence-corrected chi connectivity index (χ1v) is 6.78. The van der Waals surface area contributed by atoms with Gasteiger partial charge in [0.2, 0.25) is 0 Å². The van der Waals surface area contributed by atoms with Crippen molar-refractivity contribution in [1.29, 1.82) is 0 Å². The molecule has 0 aliphatic rings. The first kappa shape index (κ1) is 17.3. The molecule has 21 heavy (non-hydrogen) atoms. The van der Waals surface area contributed by atoms with Gasteiger partial charge < -0.3 is 4.74 Å². The minimum atomic E-state index is -4.44. The number of methoxy groups -OCH3 is 1. The minimum Gasteiger partial charge on any atom is -0.465 e. The van der Waals surface area contributed by atoms with E-state index in [0.29, 0.717) is 6.42 Å². The summed E-state index contributed by atoms with van der Waals surface area (Å²) in [6, 6.07) is 3.83. The average molecular weight is 300 g/mol. The molecule has 5 heteroatoms. The number of unbranched alkanes of at least 4 members (excludes halogenated alkanes) is 2. The number of ether oxygens (including phenoxy) is 1. The Morgan fingerprint density at radius 1 is 1.33 bits per heavy atom. The lowest BCUT2D eigenvalue weighted by Gasteiger charge is -2.15. The maximum atomic E-state index is 12.9. The average Bonchev–Trinajstić information content (AvgIpc) is 2.42. The molecule has 0 saturated carbocycles. The van der Waals surface area contributed by atoms with E-state index >= 15 is 0 Å². The van der Waals surface area contributed by atoms with Gasteiger partial charge in [0, 0.05) is 0 Å². The molecule has 0 aromatic heterocycles. The Bertz CT molecular complexity index is 531. The van der Waals surface area contributed by atoms with Crippen molar-refractivity contribution in [3.8, 4) is 0 Å². The summed E-state index contributed by atoms with van der Waals surface area (Å²) in [7, 11) is 1.22. The molecule has 0 N–H and O–H groups in total. The third-order valence-electron chi connectivity index (χ3n) is 3.24. The van der Waals surface area contributed by atoms with E-state index in [1.165, 1.54) is 26.2 Å². The Labute approximate surface area is 122 Å². The molecule has 116 valence electrons. The zero-order valence-electron chi connectivity index (χ0n) is 12.4. The zero-order valence-corrected chi connectivity index (χ0v) is 12.4. The van der Waals surface area contributed by atoms with E-state index in [-0.39, 0.29) is 16.7 Å². The largest absolute Gasteiger partial charge is 0.465 e. The van der Waals surface area contributed by atoms with E-state index in [0.717, 1.165) is 18.9 Å². The van der Waals surface area contributed by atoms with Crippen LogP contribution in [-0.2, 0) is 15.7 Å². The summed E-state index contributed by atoms with van der Waals surface area (Å²) in [4.78, 5) is 11.8. The smallest absolute Gasteiger partial charge is 0.416 e. The molecule has 1 rings (SSSR count). The fourth-order valence-electron chi connectivity index (χ4n) is 2.10. The first-order valence-electron chi connectivity index (χ1n) is 6.78. The highest BCUT2D eigenvalue weighted by molar-refractivity contribution is 6.16. The Hall–Kier alpha value is -1.78. The molecule has 0 heterocycles. The van der Waals surface area contributed by atoms with Crippen molar-refractivity contribution in [2.45, 2.75) is 39.3 Å². The van der Waals surface area contributed by atoms with Crippen LogP contribution in [-0.4, -0.2) is 13.1 Å². The molecule has 0 aliphatic carbocycles. The molecular formula is C16H19F3O2. The number of benzene rings is 1. The van der Waals surface area contributed by atoms with E-state index in [1.54, 1.807) is 6.08 Å². The molecule has 0 atom stereocenters. The minimum absolute atomic E-state index is 0.0400. The number of halogens is 3. The van der Waals surface area contributed by atoms with Crippen molar-refractivity contribution in [2.75, 3.05) is 7.11 Å². The van der Waals surface area contributed by atoms with E-state index in [2.05, 4.69) is 4.74 Å². The second-order valence-corrected chi connectivity index (χ2v) is 4.73.